The van der Waals surface area contributed by atoms with E-state index in [2.05, 4.69) is 10.1 Å². The molecular formula is C19H21ClN4O3. The molecule has 27 heavy (non-hydrogen) atoms. The zero-order chi connectivity index (χ0) is 19.4. The van der Waals surface area contributed by atoms with Gasteiger partial charge in [0, 0.05) is 30.3 Å². The summed E-state index contributed by atoms with van der Waals surface area (Å²) in [5, 5.41) is 7.25. The number of hydrogen-bond donors (Lipinski definition) is 0. The van der Waals surface area contributed by atoms with Gasteiger partial charge in [-0.1, -0.05) is 18.5 Å². The van der Waals surface area contributed by atoms with Crippen molar-refractivity contribution in [2.45, 2.75) is 20.0 Å². The fourth-order valence-electron chi connectivity index (χ4n) is 2.94. The number of hydroxylamine groups is 2. The lowest BCUT2D eigenvalue weighted by Crippen LogP contribution is -2.31. The molecule has 0 saturated heterocycles. The summed E-state index contributed by atoms with van der Waals surface area (Å²) >= 11 is 6.08. The lowest BCUT2D eigenvalue weighted by atomic mass is 10.1. The van der Waals surface area contributed by atoms with Crippen molar-refractivity contribution in [2.75, 3.05) is 20.8 Å². The van der Waals surface area contributed by atoms with Crippen molar-refractivity contribution < 1.29 is 14.4 Å². The van der Waals surface area contributed by atoms with Crippen LogP contribution in [0.15, 0.2) is 36.7 Å². The topological polar surface area (TPSA) is 69.5 Å². The van der Waals surface area contributed by atoms with Gasteiger partial charge in [0.15, 0.2) is 0 Å². The number of halogens is 1. The standard InChI is InChI=1S/C19H21ClN4O3/c1-4-9-23(27-3)19(25)15-11-22-24(18(15)12-26-2)17-7-8-21-16-10-13(20)5-6-14(16)17/h5-8,10-11H,4,9,12H2,1-3H3. The van der Waals surface area contributed by atoms with E-state index in [1.807, 2.05) is 19.1 Å². The van der Waals surface area contributed by atoms with Gasteiger partial charge in [-0.15, -0.1) is 0 Å². The third kappa shape index (κ3) is 3.80. The van der Waals surface area contributed by atoms with Crippen molar-refractivity contribution in [3.05, 3.63) is 52.9 Å². The molecule has 2 heterocycles. The zero-order valence-electron chi connectivity index (χ0n) is 15.5. The first-order valence-electron chi connectivity index (χ1n) is 8.57. The van der Waals surface area contributed by atoms with Gasteiger partial charge in [-0.2, -0.15) is 5.10 Å². The highest BCUT2D eigenvalue weighted by Crippen LogP contribution is 2.26. The molecule has 3 rings (SSSR count). The van der Waals surface area contributed by atoms with Gasteiger partial charge in [-0.3, -0.25) is 14.6 Å². The number of hydrogen-bond acceptors (Lipinski definition) is 5. The highest BCUT2D eigenvalue weighted by Gasteiger charge is 2.24. The minimum absolute atomic E-state index is 0.224. The summed E-state index contributed by atoms with van der Waals surface area (Å²) in [6.45, 7) is 2.69. The highest BCUT2D eigenvalue weighted by molar-refractivity contribution is 6.31. The van der Waals surface area contributed by atoms with E-state index in [0.717, 1.165) is 23.0 Å². The molecule has 0 saturated carbocycles. The van der Waals surface area contributed by atoms with Crippen LogP contribution in [-0.2, 0) is 16.2 Å². The van der Waals surface area contributed by atoms with Crippen LogP contribution in [0, 0.1) is 0 Å². The summed E-state index contributed by atoms with van der Waals surface area (Å²) in [6, 6.07) is 7.32. The average Bonchev–Trinajstić information content (AvgIpc) is 3.08. The quantitative estimate of drug-likeness (QED) is 0.578. The van der Waals surface area contributed by atoms with Crippen molar-refractivity contribution in [3.63, 3.8) is 0 Å². The second kappa shape index (κ2) is 8.47. The number of carbonyl (C=O) groups excluding carboxylic acids is 1. The van der Waals surface area contributed by atoms with Crippen molar-refractivity contribution in [2.24, 2.45) is 0 Å². The lowest BCUT2D eigenvalue weighted by Gasteiger charge is -2.19. The smallest absolute Gasteiger partial charge is 0.280 e. The largest absolute Gasteiger partial charge is 0.378 e. The monoisotopic (exact) mass is 388 g/mol. The minimum atomic E-state index is -0.251. The summed E-state index contributed by atoms with van der Waals surface area (Å²) in [5.74, 6) is -0.251. The number of fused-ring (bicyclic) bond motifs is 1. The molecule has 0 aliphatic carbocycles. The summed E-state index contributed by atoms with van der Waals surface area (Å²) < 4.78 is 7.04. The van der Waals surface area contributed by atoms with E-state index in [1.165, 1.54) is 12.2 Å². The Hall–Kier alpha value is -2.48. The van der Waals surface area contributed by atoms with Gasteiger partial charge in [0.2, 0.25) is 0 Å². The van der Waals surface area contributed by atoms with E-state index in [9.17, 15) is 4.79 Å². The molecule has 0 atom stereocenters. The number of aromatic nitrogens is 3. The fourth-order valence-corrected chi connectivity index (χ4v) is 3.11. The van der Waals surface area contributed by atoms with Crippen LogP contribution in [0.4, 0.5) is 0 Å². The number of rotatable bonds is 7. The molecule has 2 aromatic heterocycles. The van der Waals surface area contributed by atoms with Crippen LogP contribution in [0.5, 0.6) is 0 Å². The number of carbonyl (C=O) groups is 1. The number of ether oxygens (including phenoxy) is 1. The minimum Gasteiger partial charge on any atom is -0.378 e. The van der Waals surface area contributed by atoms with E-state index >= 15 is 0 Å². The second-order valence-electron chi connectivity index (χ2n) is 5.93. The van der Waals surface area contributed by atoms with Gasteiger partial charge >= 0.3 is 0 Å². The SMILES string of the molecule is CCCN(OC)C(=O)c1cnn(-c2ccnc3cc(Cl)ccc23)c1COC. The molecule has 142 valence electrons. The van der Waals surface area contributed by atoms with Crippen LogP contribution in [-0.4, -0.2) is 46.5 Å². The van der Waals surface area contributed by atoms with Crippen molar-refractivity contribution in [3.8, 4) is 5.69 Å². The molecule has 7 nitrogen and oxygen atoms in total. The molecule has 0 aliphatic heterocycles. The Morgan fingerprint density at radius 1 is 1.30 bits per heavy atom. The predicted octanol–water partition coefficient (Wildman–Crippen LogP) is 3.63. The maximum absolute atomic E-state index is 12.9. The van der Waals surface area contributed by atoms with Crippen LogP contribution >= 0.6 is 11.6 Å². The normalized spacial score (nSPS) is 11.1. The molecule has 0 fully saturated rings. The van der Waals surface area contributed by atoms with E-state index in [0.29, 0.717) is 22.8 Å². The van der Waals surface area contributed by atoms with E-state index in [4.69, 9.17) is 21.2 Å². The number of methoxy groups -OCH3 is 1. The van der Waals surface area contributed by atoms with Crippen LogP contribution in [0.1, 0.15) is 29.4 Å². The van der Waals surface area contributed by atoms with Crippen molar-refractivity contribution in [1.82, 2.24) is 19.8 Å². The van der Waals surface area contributed by atoms with Crippen LogP contribution in [0.3, 0.4) is 0 Å². The highest BCUT2D eigenvalue weighted by atomic mass is 35.5. The Bertz CT molecular complexity index is 957. The van der Waals surface area contributed by atoms with Gasteiger partial charge in [0.05, 0.1) is 42.4 Å². The first-order valence-corrected chi connectivity index (χ1v) is 8.95. The molecule has 3 aromatic rings. The number of benzene rings is 1. The Morgan fingerprint density at radius 2 is 2.11 bits per heavy atom. The Kier molecular flexibility index (Phi) is 6.05. The van der Waals surface area contributed by atoms with Crippen molar-refractivity contribution >= 4 is 28.4 Å². The van der Waals surface area contributed by atoms with Gasteiger partial charge in [0.25, 0.3) is 5.91 Å². The van der Waals surface area contributed by atoms with Crippen LogP contribution in [0.25, 0.3) is 16.6 Å². The molecular weight excluding hydrogens is 368 g/mol. The first kappa shape index (κ1) is 19.3. The molecule has 0 aliphatic rings. The summed E-state index contributed by atoms with van der Waals surface area (Å²) in [7, 11) is 3.06. The number of pyridine rings is 1. The van der Waals surface area contributed by atoms with E-state index in [-0.39, 0.29) is 12.5 Å². The Labute approximate surface area is 162 Å². The summed E-state index contributed by atoms with van der Waals surface area (Å²) in [4.78, 5) is 22.5. The third-order valence-corrected chi connectivity index (χ3v) is 4.40. The lowest BCUT2D eigenvalue weighted by molar-refractivity contribution is -0.0949. The maximum atomic E-state index is 12.9. The molecule has 0 bridgehead atoms. The average molecular weight is 389 g/mol. The molecule has 0 radical (unpaired) electrons. The van der Waals surface area contributed by atoms with E-state index < -0.39 is 0 Å². The maximum Gasteiger partial charge on any atom is 0.280 e. The predicted molar refractivity (Wildman–Crippen MR) is 103 cm³/mol. The fraction of sp³-hybridized carbons (Fsp3) is 0.316. The van der Waals surface area contributed by atoms with Crippen LogP contribution in [0.2, 0.25) is 5.02 Å². The molecule has 1 amide bonds. The van der Waals surface area contributed by atoms with Crippen molar-refractivity contribution in [1.29, 1.82) is 0 Å². The molecule has 0 spiro atoms. The third-order valence-electron chi connectivity index (χ3n) is 4.16. The van der Waals surface area contributed by atoms with E-state index in [1.54, 1.807) is 36.3 Å². The molecule has 0 unspecified atom stereocenters. The van der Waals surface area contributed by atoms with Gasteiger partial charge < -0.3 is 4.74 Å². The molecule has 1 aromatic carbocycles. The Morgan fingerprint density at radius 3 is 2.81 bits per heavy atom. The number of nitrogens with zero attached hydrogens (tertiary/aromatic N) is 4. The second-order valence-corrected chi connectivity index (χ2v) is 6.37. The zero-order valence-corrected chi connectivity index (χ0v) is 16.2. The first-order chi connectivity index (χ1) is 13.1. The van der Waals surface area contributed by atoms with Gasteiger partial charge in [0.1, 0.15) is 0 Å². The molecule has 8 heteroatoms. The van der Waals surface area contributed by atoms with Crippen LogP contribution < -0.4 is 0 Å². The van der Waals surface area contributed by atoms with Gasteiger partial charge in [-0.05, 0) is 30.7 Å². The number of amides is 1. The van der Waals surface area contributed by atoms with Gasteiger partial charge in [-0.25, -0.2) is 9.75 Å². The summed E-state index contributed by atoms with van der Waals surface area (Å²) in [5.41, 5.74) is 2.62. The molecule has 0 N–H and O–H groups in total. The Balaban J connectivity index is 2.13. The summed E-state index contributed by atoms with van der Waals surface area (Å²) in [6.07, 6.45) is 4.01.